The Hall–Kier alpha value is -2.95. The van der Waals surface area contributed by atoms with Crippen molar-refractivity contribution in [1.82, 2.24) is 5.10 Å². The van der Waals surface area contributed by atoms with Crippen LogP contribution < -0.4 is 10.4 Å². The lowest BCUT2D eigenvalue weighted by Gasteiger charge is -2.10. The molecule has 0 aliphatic heterocycles. The summed E-state index contributed by atoms with van der Waals surface area (Å²) in [7, 11) is 0. The number of hydrogen-bond acceptors (Lipinski definition) is 4. The van der Waals surface area contributed by atoms with Gasteiger partial charge in [-0.15, -0.1) is 4.68 Å². The van der Waals surface area contributed by atoms with Crippen molar-refractivity contribution in [3.63, 3.8) is 0 Å². The second-order valence-corrected chi connectivity index (χ2v) is 6.17. The third-order valence-electron chi connectivity index (χ3n) is 4.30. The van der Waals surface area contributed by atoms with Gasteiger partial charge in [0.15, 0.2) is 0 Å². The second-order valence-electron chi connectivity index (χ2n) is 6.17. The molecule has 0 saturated carbocycles. The van der Waals surface area contributed by atoms with E-state index in [-0.39, 0.29) is 5.97 Å². The van der Waals surface area contributed by atoms with Crippen molar-refractivity contribution in [3.05, 3.63) is 65.9 Å². The third kappa shape index (κ3) is 4.17. The number of aryl methyl sites for hydroxylation is 1. The molecule has 2 N–H and O–H groups in total. The van der Waals surface area contributed by atoms with Crippen LogP contribution in [0.25, 0.3) is 10.8 Å². The highest BCUT2D eigenvalue weighted by Crippen LogP contribution is 2.22. The molecule has 0 aliphatic carbocycles. The summed E-state index contributed by atoms with van der Waals surface area (Å²) < 4.78 is 6.79. The van der Waals surface area contributed by atoms with Crippen LogP contribution in [-0.2, 0) is 22.5 Å². The summed E-state index contributed by atoms with van der Waals surface area (Å²) in [6.07, 6.45) is 1.74. The first-order chi connectivity index (χ1) is 12.7. The molecule has 0 saturated heterocycles. The molecule has 1 heterocycles. The average molecular weight is 350 g/mol. The Morgan fingerprint density at radius 2 is 1.77 bits per heavy atom. The molecular weight excluding hydrogens is 326 g/mol. The zero-order valence-electron chi connectivity index (χ0n) is 15.0. The number of nitrogens with two attached hydrogens (primary N) is 1. The van der Waals surface area contributed by atoms with Gasteiger partial charge in [-0.25, -0.2) is 0 Å². The normalized spacial score (nSPS) is 10.8. The van der Waals surface area contributed by atoms with E-state index in [0.29, 0.717) is 31.8 Å². The largest absolute Gasteiger partial charge is 0.466 e. The van der Waals surface area contributed by atoms with Gasteiger partial charge in [-0.05, 0) is 25.0 Å². The molecule has 0 unspecified atom stereocenters. The first-order valence-corrected chi connectivity index (χ1v) is 8.95. The summed E-state index contributed by atoms with van der Waals surface area (Å²) in [5.74, 6) is 0.443. The quantitative estimate of drug-likeness (QED) is 0.525. The van der Waals surface area contributed by atoms with E-state index >= 15 is 0 Å². The first kappa shape index (κ1) is 17.9. The predicted molar refractivity (Wildman–Crippen MR) is 101 cm³/mol. The van der Waals surface area contributed by atoms with Gasteiger partial charge in [0, 0.05) is 18.2 Å². The lowest BCUT2D eigenvalue weighted by atomic mass is 10.0. The molecule has 0 amide bonds. The highest BCUT2D eigenvalue weighted by molar-refractivity contribution is 5.91. The topological polar surface area (TPSA) is 69.1 Å². The maximum absolute atomic E-state index is 11.6. The maximum atomic E-state index is 11.6. The number of esters is 1. The molecule has 0 spiro atoms. The molecule has 0 aliphatic rings. The fourth-order valence-electron chi connectivity index (χ4n) is 3.05. The Kier molecular flexibility index (Phi) is 5.79. The van der Waals surface area contributed by atoms with E-state index in [1.165, 1.54) is 5.56 Å². The van der Waals surface area contributed by atoms with Crippen molar-refractivity contribution < 1.29 is 14.2 Å². The smallest absolute Gasteiger partial charge is 0.305 e. The summed E-state index contributed by atoms with van der Waals surface area (Å²) in [6, 6.07) is 18.3. The van der Waals surface area contributed by atoms with Crippen molar-refractivity contribution in [2.75, 3.05) is 12.3 Å². The fraction of sp³-hybridized carbons (Fsp3) is 0.286. The van der Waals surface area contributed by atoms with Crippen LogP contribution in [-0.4, -0.2) is 17.7 Å². The van der Waals surface area contributed by atoms with Crippen molar-refractivity contribution >= 4 is 22.6 Å². The minimum atomic E-state index is -0.183. The first-order valence-electron chi connectivity index (χ1n) is 8.95. The van der Waals surface area contributed by atoms with Crippen LogP contribution in [0.2, 0.25) is 0 Å². The van der Waals surface area contributed by atoms with Gasteiger partial charge in [-0.1, -0.05) is 53.6 Å². The number of ether oxygens (including phenoxy) is 1. The number of anilines is 1. The standard InChI is InChI=1S/C21H23N3O2/c1-2-26-20(25)13-8-14-24-21(22)18-12-7-6-11-17(18)19(23-24)15-16-9-4-3-5-10-16/h3-7,9-12,22H,2,8,13-15H2,1H3/p+1. The number of carbonyl (C=O) groups excluding carboxylic acids is 1. The van der Waals surface area contributed by atoms with E-state index < -0.39 is 0 Å². The lowest BCUT2D eigenvalue weighted by molar-refractivity contribution is -0.740. The molecule has 0 atom stereocenters. The molecular formula is C21H24N3O2+. The lowest BCUT2D eigenvalue weighted by Crippen LogP contribution is -2.42. The molecule has 3 aromatic rings. The summed E-state index contributed by atoms with van der Waals surface area (Å²) in [4.78, 5) is 11.6. The minimum absolute atomic E-state index is 0.183. The second kappa shape index (κ2) is 8.43. The van der Waals surface area contributed by atoms with Gasteiger partial charge < -0.3 is 4.74 Å². The van der Waals surface area contributed by atoms with Crippen molar-refractivity contribution in [2.24, 2.45) is 0 Å². The monoisotopic (exact) mass is 350 g/mol. The van der Waals surface area contributed by atoms with Gasteiger partial charge in [-0.3, -0.25) is 10.5 Å². The van der Waals surface area contributed by atoms with E-state index in [4.69, 9.17) is 15.6 Å². The van der Waals surface area contributed by atoms with Crippen LogP contribution in [0.15, 0.2) is 54.6 Å². The molecule has 26 heavy (non-hydrogen) atoms. The zero-order chi connectivity index (χ0) is 18.4. The number of nitrogen functional groups attached to an aromatic ring is 1. The number of carbonyl (C=O) groups is 1. The van der Waals surface area contributed by atoms with Crippen LogP contribution >= 0.6 is 0 Å². The third-order valence-corrected chi connectivity index (χ3v) is 4.30. The molecule has 0 bridgehead atoms. The molecule has 5 heteroatoms. The summed E-state index contributed by atoms with van der Waals surface area (Å²) in [5, 5.41) is 6.83. The highest BCUT2D eigenvalue weighted by Gasteiger charge is 2.17. The SMILES string of the molecule is CCOC(=O)CCC[n+]1nc(Cc2ccccc2)c2ccccc2c1N. The summed E-state index contributed by atoms with van der Waals surface area (Å²) >= 11 is 0. The molecule has 134 valence electrons. The molecule has 5 nitrogen and oxygen atoms in total. The van der Waals surface area contributed by atoms with Crippen molar-refractivity contribution in [3.8, 4) is 0 Å². The van der Waals surface area contributed by atoms with E-state index in [1.807, 2.05) is 43.3 Å². The van der Waals surface area contributed by atoms with Gasteiger partial charge in [0.25, 0.3) is 0 Å². The van der Waals surface area contributed by atoms with Gasteiger partial charge in [0.05, 0.1) is 17.7 Å². The maximum Gasteiger partial charge on any atom is 0.305 e. The van der Waals surface area contributed by atoms with Gasteiger partial charge >= 0.3 is 11.8 Å². The fourth-order valence-corrected chi connectivity index (χ4v) is 3.05. The predicted octanol–water partition coefficient (Wildman–Crippen LogP) is 3.04. The number of fused-ring (bicyclic) bond motifs is 1. The Balaban J connectivity index is 1.88. The van der Waals surface area contributed by atoms with Crippen LogP contribution in [0, 0.1) is 0 Å². The van der Waals surface area contributed by atoms with E-state index in [1.54, 1.807) is 4.68 Å². The van der Waals surface area contributed by atoms with Crippen LogP contribution in [0.3, 0.4) is 0 Å². The average Bonchev–Trinajstić information content (AvgIpc) is 2.66. The Morgan fingerprint density at radius 1 is 1.08 bits per heavy atom. The Bertz CT molecular complexity index is 894. The zero-order valence-corrected chi connectivity index (χ0v) is 15.0. The van der Waals surface area contributed by atoms with E-state index in [9.17, 15) is 4.79 Å². The molecule has 3 rings (SSSR count). The molecule has 0 fully saturated rings. The highest BCUT2D eigenvalue weighted by atomic mass is 16.5. The van der Waals surface area contributed by atoms with Gasteiger partial charge in [0.2, 0.25) is 0 Å². The van der Waals surface area contributed by atoms with Crippen molar-refractivity contribution in [1.29, 1.82) is 0 Å². The number of nitrogens with zero attached hydrogens (tertiary/aromatic N) is 2. The molecule has 2 aromatic carbocycles. The van der Waals surface area contributed by atoms with Crippen LogP contribution in [0.5, 0.6) is 0 Å². The summed E-state index contributed by atoms with van der Waals surface area (Å²) in [5.41, 5.74) is 8.53. The van der Waals surface area contributed by atoms with Gasteiger partial charge in [0.1, 0.15) is 6.54 Å². The number of aromatic nitrogens is 2. The minimum Gasteiger partial charge on any atom is -0.466 e. The Morgan fingerprint density at radius 3 is 2.50 bits per heavy atom. The Labute approximate surface area is 153 Å². The molecule has 0 radical (unpaired) electrons. The van der Waals surface area contributed by atoms with Crippen LogP contribution in [0.4, 0.5) is 5.82 Å². The number of rotatable bonds is 7. The van der Waals surface area contributed by atoms with Gasteiger partial charge in [-0.2, -0.15) is 0 Å². The van der Waals surface area contributed by atoms with Crippen LogP contribution in [0.1, 0.15) is 31.0 Å². The molecule has 1 aromatic heterocycles. The van der Waals surface area contributed by atoms with Crippen molar-refractivity contribution in [2.45, 2.75) is 32.7 Å². The summed E-state index contributed by atoms with van der Waals surface area (Å²) in [6.45, 7) is 2.80. The van der Waals surface area contributed by atoms with E-state index in [0.717, 1.165) is 22.9 Å². The number of hydrogen-bond donors (Lipinski definition) is 1. The van der Waals surface area contributed by atoms with E-state index in [2.05, 4.69) is 18.2 Å². The number of benzene rings is 2.